The first-order chi connectivity index (χ1) is 7.56. The maximum Gasteiger partial charge on any atom is 0.116 e. The minimum Gasteiger partial charge on any atom is -0.402 e. The summed E-state index contributed by atoms with van der Waals surface area (Å²) in [6, 6.07) is 1.89. The Hall–Kier alpha value is -2.06. The summed E-state index contributed by atoms with van der Waals surface area (Å²) in [5.74, 6) is 0. The predicted octanol–water partition coefficient (Wildman–Crippen LogP) is 0.738. The van der Waals surface area contributed by atoms with Gasteiger partial charge in [-0.3, -0.25) is 0 Å². The van der Waals surface area contributed by atoms with Crippen LogP contribution < -0.4 is 17.2 Å². The second kappa shape index (κ2) is 5.14. The third-order valence-electron chi connectivity index (χ3n) is 2.07. The topological polar surface area (TPSA) is 102 Å². The molecule has 0 fully saturated rings. The van der Waals surface area contributed by atoms with E-state index in [0.29, 0.717) is 12.0 Å². The lowest BCUT2D eigenvalue weighted by Crippen LogP contribution is -2.16. The fourth-order valence-corrected chi connectivity index (χ4v) is 1.37. The number of rotatable bonds is 2. The van der Waals surface area contributed by atoms with E-state index in [1.54, 1.807) is 18.2 Å². The van der Waals surface area contributed by atoms with Crippen LogP contribution in [0.4, 0.5) is 0 Å². The molecule has 0 saturated heterocycles. The maximum absolute atomic E-state index is 8.87. The monoisotopic (exact) mass is 232 g/mol. The maximum atomic E-state index is 8.87. The van der Waals surface area contributed by atoms with Gasteiger partial charge in [-0.25, -0.2) is 0 Å². The van der Waals surface area contributed by atoms with E-state index < -0.39 is 0 Å². The van der Waals surface area contributed by atoms with Crippen molar-refractivity contribution in [3.05, 3.63) is 46.8 Å². The summed E-state index contributed by atoms with van der Waals surface area (Å²) in [5, 5.41) is 8.87. The molecule has 0 unspecified atom stereocenters. The zero-order chi connectivity index (χ0) is 12.1. The summed E-state index contributed by atoms with van der Waals surface area (Å²) < 4.78 is 0. The van der Waals surface area contributed by atoms with Gasteiger partial charge in [0, 0.05) is 12.1 Å². The predicted molar refractivity (Wildman–Crippen MR) is 67.7 cm³/mol. The molecule has 0 aliphatic heterocycles. The molecule has 1 aliphatic rings. The fourth-order valence-electron chi connectivity index (χ4n) is 1.21. The highest BCUT2D eigenvalue weighted by Crippen LogP contribution is 2.15. The zero-order valence-corrected chi connectivity index (χ0v) is 9.42. The molecule has 0 spiro atoms. The lowest BCUT2D eigenvalue weighted by atomic mass is 10.1. The molecule has 0 aromatic carbocycles. The molecule has 0 aromatic rings. The van der Waals surface area contributed by atoms with Gasteiger partial charge in [-0.15, -0.1) is 0 Å². The number of nitriles is 1. The van der Waals surface area contributed by atoms with Crippen molar-refractivity contribution in [3.63, 3.8) is 0 Å². The van der Waals surface area contributed by atoms with E-state index >= 15 is 0 Å². The lowest BCUT2D eigenvalue weighted by Gasteiger charge is -2.04. The molecule has 16 heavy (non-hydrogen) atoms. The van der Waals surface area contributed by atoms with Crippen LogP contribution in [-0.4, -0.2) is 4.99 Å². The van der Waals surface area contributed by atoms with E-state index in [1.165, 1.54) is 0 Å². The third-order valence-corrected chi connectivity index (χ3v) is 2.27. The van der Waals surface area contributed by atoms with Gasteiger partial charge in [-0.2, -0.15) is 5.26 Å². The van der Waals surface area contributed by atoms with E-state index in [2.05, 4.69) is 0 Å². The van der Waals surface area contributed by atoms with Crippen molar-refractivity contribution in [2.45, 2.75) is 6.42 Å². The molecule has 4 nitrogen and oxygen atoms in total. The van der Waals surface area contributed by atoms with Crippen LogP contribution in [0.25, 0.3) is 0 Å². The van der Waals surface area contributed by atoms with Crippen LogP contribution in [0, 0.1) is 11.3 Å². The average molecular weight is 232 g/mol. The highest BCUT2D eigenvalue weighted by atomic mass is 32.1. The largest absolute Gasteiger partial charge is 0.402 e. The molecule has 5 heteroatoms. The molecular formula is C11H12N4S. The van der Waals surface area contributed by atoms with Crippen molar-refractivity contribution in [1.29, 1.82) is 5.26 Å². The van der Waals surface area contributed by atoms with Crippen LogP contribution in [0.3, 0.4) is 0 Å². The van der Waals surface area contributed by atoms with Crippen LogP contribution in [0.15, 0.2) is 46.8 Å². The number of hydrogen-bond donors (Lipinski definition) is 3. The van der Waals surface area contributed by atoms with Crippen LogP contribution in [0.2, 0.25) is 0 Å². The van der Waals surface area contributed by atoms with Crippen LogP contribution in [-0.2, 0) is 0 Å². The summed E-state index contributed by atoms with van der Waals surface area (Å²) in [7, 11) is 0. The highest BCUT2D eigenvalue weighted by molar-refractivity contribution is 7.80. The zero-order valence-electron chi connectivity index (χ0n) is 8.60. The molecule has 0 bridgehead atoms. The summed E-state index contributed by atoms with van der Waals surface area (Å²) in [6.07, 6.45) is 7.80. The molecule has 82 valence electrons. The molecule has 0 saturated carbocycles. The van der Waals surface area contributed by atoms with Crippen molar-refractivity contribution in [1.82, 2.24) is 0 Å². The summed E-state index contributed by atoms with van der Waals surface area (Å²) in [5.41, 5.74) is 18.7. The van der Waals surface area contributed by atoms with Gasteiger partial charge in [0.25, 0.3) is 0 Å². The minimum atomic E-state index is -0.00417. The van der Waals surface area contributed by atoms with Gasteiger partial charge in [-0.1, -0.05) is 30.4 Å². The number of hydrogen-bond acceptors (Lipinski definition) is 4. The van der Waals surface area contributed by atoms with Gasteiger partial charge in [0.15, 0.2) is 0 Å². The Kier molecular flexibility index (Phi) is 3.86. The van der Waals surface area contributed by atoms with Crippen molar-refractivity contribution in [2.24, 2.45) is 17.2 Å². The van der Waals surface area contributed by atoms with Crippen molar-refractivity contribution >= 4 is 17.2 Å². The first-order valence-electron chi connectivity index (χ1n) is 4.59. The molecule has 1 aliphatic carbocycles. The Bertz CT molecular complexity index is 475. The van der Waals surface area contributed by atoms with Gasteiger partial charge in [-0.05, 0) is 11.6 Å². The molecule has 1 rings (SSSR count). The standard InChI is InChI=1S/C11H12N4S/c12-6-9(11(15)16)10(14)7-2-1-3-8(13)5-4-7/h1-2,4-5H,3,13-14H2,(H2,15,16)/b10-9+. The van der Waals surface area contributed by atoms with Crippen LogP contribution >= 0.6 is 12.2 Å². The third kappa shape index (κ3) is 2.72. The second-order valence-electron chi connectivity index (χ2n) is 3.23. The summed E-state index contributed by atoms with van der Waals surface area (Å²) in [6.45, 7) is 0. The van der Waals surface area contributed by atoms with Gasteiger partial charge in [0.05, 0.1) is 5.70 Å². The van der Waals surface area contributed by atoms with Gasteiger partial charge < -0.3 is 17.2 Å². The quantitative estimate of drug-likeness (QED) is 0.370. The van der Waals surface area contributed by atoms with Crippen molar-refractivity contribution in [3.8, 4) is 6.07 Å². The Labute approximate surface area is 99.4 Å². The molecule has 6 N–H and O–H groups in total. The van der Waals surface area contributed by atoms with Gasteiger partial charge in [0.1, 0.15) is 16.6 Å². The molecule has 0 heterocycles. The summed E-state index contributed by atoms with van der Waals surface area (Å²) >= 11 is 4.74. The number of nitrogens with two attached hydrogens (primary N) is 3. The lowest BCUT2D eigenvalue weighted by molar-refractivity contribution is 1.17. The Morgan fingerprint density at radius 2 is 2.06 bits per heavy atom. The first kappa shape index (κ1) is 12.0. The van der Waals surface area contributed by atoms with Gasteiger partial charge >= 0.3 is 0 Å². The van der Waals surface area contributed by atoms with Gasteiger partial charge in [0.2, 0.25) is 0 Å². The van der Waals surface area contributed by atoms with E-state index in [4.69, 9.17) is 34.7 Å². The van der Waals surface area contributed by atoms with Crippen LogP contribution in [0.1, 0.15) is 6.42 Å². The first-order valence-corrected chi connectivity index (χ1v) is 5.00. The van der Waals surface area contributed by atoms with Crippen molar-refractivity contribution in [2.75, 3.05) is 0 Å². The molecule has 0 aromatic heterocycles. The van der Waals surface area contributed by atoms with E-state index in [9.17, 15) is 0 Å². The highest BCUT2D eigenvalue weighted by Gasteiger charge is 2.09. The fraction of sp³-hybridized carbons (Fsp3) is 0.0909. The number of nitrogens with zero attached hydrogens (tertiary/aromatic N) is 1. The van der Waals surface area contributed by atoms with E-state index in [-0.39, 0.29) is 16.3 Å². The minimum absolute atomic E-state index is 0.00417. The molecule has 0 radical (unpaired) electrons. The SMILES string of the molecule is N#C/C(C(N)=S)=C(\N)C1=CC=C(N)CC=C1. The Morgan fingerprint density at radius 1 is 1.38 bits per heavy atom. The smallest absolute Gasteiger partial charge is 0.116 e. The average Bonchev–Trinajstić information content (AvgIpc) is 2.43. The van der Waals surface area contributed by atoms with Crippen LogP contribution in [0.5, 0.6) is 0 Å². The van der Waals surface area contributed by atoms with E-state index in [1.807, 2.05) is 12.1 Å². The molecule has 0 amide bonds. The molecular weight excluding hydrogens is 220 g/mol. The Morgan fingerprint density at radius 3 is 2.62 bits per heavy atom. The normalized spacial score (nSPS) is 16.4. The second-order valence-corrected chi connectivity index (χ2v) is 3.67. The summed E-state index contributed by atoms with van der Waals surface area (Å²) in [4.78, 5) is -0.00417. The van der Waals surface area contributed by atoms with Crippen molar-refractivity contribution < 1.29 is 0 Å². The number of thiocarbonyl (C=S) groups is 1. The Balaban J connectivity index is 3.21. The number of allylic oxidation sites excluding steroid dienone is 4. The molecule has 0 atom stereocenters. The van der Waals surface area contributed by atoms with E-state index in [0.717, 1.165) is 5.70 Å².